The molecule has 5 heteroatoms. The van der Waals surface area contributed by atoms with Gasteiger partial charge in [-0.15, -0.1) is 11.8 Å². The Morgan fingerprint density at radius 3 is 3.00 bits per heavy atom. The van der Waals surface area contributed by atoms with Gasteiger partial charge in [0.15, 0.2) is 0 Å². The summed E-state index contributed by atoms with van der Waals surface area (Å²) in [6, 6.07) is 7.73. The number of hydrogen-bond acceptors (Lipinski definition) is 3. The summed E-state index contributed by atoms with van der Waals surface area (Å²) in [4.78, 5) is 11.9. The normalized spacial score (nSPS) is 12.2. The van der Waals surface area contributed by atoms with Crippen molar-refractivity contribution < 1.29 is 9.53 Å². The van der Waals surface area contributed by atoms with E-state index in [9.17, 15) is 4.79 Å². The van der Waals surface area contributed by atoms with E-state index in [2.05, 4.69) is 5.32 Å². The fourth-order valence-corrected chi connectivity index (χ4v) is 2.67. The highest BCUT2D eigenvalue weighted by Gasteiger charge is 2.12. The van der Waals surface area contributed by atoms with E-state index in [0.717, 1.165) is 29.4 Å². The zero-order valence-corrected chi connectivity index (χ0v) is 13.6. The van der Waals surface area contributed by atoms with Gasteiger partial charge in [0.1, 0.15) is 0 Å². The Bertz CT molecular complexity index is 415. The standard InChI is InChI=1S/C15H22ClNO2S/c1-3-19-9-5-8-17-15(18)12(2)20-11-13-6-4-7-14(16)10-13/h4,6-7,10,12H,3,5,8-9,11H2,1-2H3,(H,17,18). The number of amides is 1. The van der Waals surface area contributed by atoms with Crippen LogP contribution in [-0.4, -0.2) is 30.9 Å². The number of benzene rings is 1. The van der Waals surface area contributed by atoms with Crippen molar-refractivity contribution >= 4 is 29.3 Å². The van der Waals surface area contributed by atoms with E-state index in [1.165, 1.54) is 0 Å². The Morgan fingerprint density at radius 2 is 2.30 bits per heavy atom. The molecule has 0 saturated carbocycles. The van der Waals surface area contributed by atoms with E-state index >= 15 is 0 Å². The van der Waals surface area contributed by atoms with E-state index in [0.29, 0.717) is 13.2 Å². The van der Waals surface area contributed by atoms with Gasteiger partial charge in [-0.3, -0.25) is 4.79 Å². The quantitative estimate of drug-likeness (QED) is 0.709. The molecule has 112 valence electrons. The summed E-state index contributed by atoms with van der Waals surface area (Å²) in [5.41, 5.74) is 1.14. The first kappa shape index (κ1) is 17.3. The van der Waals surface area contributed by atoms with Gasteiger partial charge in [0, 0.05) is 30.5 Å². The van der Waals surface area contributed by atoms with E-state index in [1.807, 2.05) is 38.1 Å². The second-order valence-electron chi connectivity index (χ2n) is 4.42. The Balaban J connectivity index is 2.21. The van der Waals surface area contributed by atoms with Crippen LogP contribution in [0.1, 0.15) is 25.8 Å². The van der Waals surface area contributed by atoms with E-state index < -0.39 is 0 Å². The minimum absolute atomic E-state index is 0.0684. The molecule has 1 aromatic carbocycles. The molecule has 0 fully saturated rings. The topological polar surface area (TPSA) is 38.3 Å². The van der Waals surface area contributed by atoms with Gasteiger partial charge in [-0.1, -0.05) is 23.7 Å². The smallest absolute Gasteiger partial charge is 0.232 e. The van der Waals surface area contributed by atoms with Crippen LogP contribution in [0, 0.1) is 0 Å². The van der Waals surface area contributed by atoms with Crippen molar-refractivity contribution in [3.8, 4) is 0 Å². The Labute approximate surface area is 130 Å². The molecule has 1 atom stereocenters. The van der Waals surface area contributed by atoms with Gasteiger partial charge in [-0.2, -0.15) is 0 Å². The van der Waals surface area contributed by atoms with Crippen molar-refractivity contribution in [1.82, 2.24) is 5.32 Å². The third kappa shape index (κ3) is 7.17. The minimum Gasteiger partial charge on any atom is -0.382 e. The van der Waals surface area contributed by atoms with Gasteiger partial charge < -0.3 is 10.1 Å². The molecule has 0 bridgehead atoms. The first-order chi connectivity index (χ1) is 9.63. The van der Waals surface area contributed by atoms with Crippen LogP contribution in [0.5, 0.6) is 0 Å². The number of carbonyl (C=O) groups is 1. The summed E-state index contributed by atoms with van der Waals surface area (Å²) >= 11 is 7.55. The first-order valence-electron chi connectivity index (χ1n) is 6.85. The van der Waals surface area contributed by atoms with Crippen molar-refractivity contribution in [1.29, 1.82) is 0 Å². The minimum atomic E-state index is -0.0684. The van der Waals surface area contributed by atoms with E-state index in [1.54, 1.807) is 11.8 Å². The van der Waals surface area contributed by atoms with Crippen LogP contribution in [-0.2, 0) is 15.3 Å². The second kappa shape index (κ2) is 10.1. The van der Waals surface area contributed by atoms with Gasteiger partial charge in [0.05, 0.1) is 5.25 Å². The van der Waals surface area contributed by atoms with E-state index in [-0.39, 0.29) is 11.2 Å². The van der Waals surface area contributed by atoms with Crippen LogP contribution in [0.15, 0.2) is 24.3 Å². The van der Waals surface area contributed by atoms with Gasteiger partial charge in [0.25, 0.3) is 0 Å². The number of hydrogen-bond donors (Lipinski definition) is 1. The fraction of sp³-hybridized carbons (Fsp3) is 0.533. The van der Waals surface area contributed by atoms with Gasteiger partial charge in [-0.25, -0.2) is 0 Å². The molecule has 0 radical (unpaired) electrons. The molecule has 0 spiro atoms. The molecule has 0 heterocycles. The van der Waals surface area contributed by atoms with Crippen LogP contribution >= 0.6 is 23.4 Å². The van der Waals surface area contributed by atoms with Gasteiger partial charge in [0.2, 0.25) is 5.91 Å². The largest absolute Gasteiger partial charge is 0.382 e. The van der Waals surface area contributed by atoms with Crippen LogP contribution in [0.25, 0.3) is 0 Å². The number of halogens is 1. The molecule has 1 amide bonds. The number of rotatable bonds is 9. The predicted molar refractivity (Wildman–Crippen MR) is 86.3 cm³/mol. The van der Waals surface area contributed by atoms with Crippen LogP contribution in [0.2, 0.25) is 5.02 Å². The maximum absolute atomic E-state index is 11.9. The van der Waals surface area contributed by atoms with Crippen LogP contribution < -0.4 is 5.32 Å². The fourth-order valence-electron chi connectivity index (χ4n) is 1.60. The molecule has 0 aliphatic rings. The predicted octanol–water partition coefficient (Wildman–Crippen LogP) is 3.50. The van der Waals surface area contributed by atoms with E-state index in [4.69, 9.17) is 16.3 Å². The van der Waals surface area contributed by atoms with Crippen molar-refractivity contribution in [2.75, 3.05) is 19.8 Å². The molecule has 1 aromatic rings. The molecule has 1 N–H and O–H groups in total. The van der Waals surface area contributed by atoms with Crippen molar-refractivity contribution in [2.45, 2.75) is 31.3 Å². The first-order valence-corrected chi connectivity index (χ1v) is 8.27. The SMILES string of the molecule is CCOCCCNC(=O)C(C)SCc1cccc(Cl)c1. The average molecular weight is 316 g/mol. The molecule has 0 aliphatic heterocycles. The zero-order valence-electron chi connectivity index (χ0n) is 12.0. The maximum atomic E-state index is 11.9. The Morgan fingerprint density at radius 1 is 1.50 bits per heavy atom. The lowest BCUT2D eigenvalue weighted by molar-refractivity contribution is -0.120. The summed E-state index contributed by atoms with van der Waals surface area (Å²) < 4.78 is 5.22. The third-order valence-corrected chi connectivity index (χ3v) is 4.18. The molecular weight excluding hydrogens is 294 g/mol. The van der Waals surface area contributed by atoms with Gasteiger partial charge >= 0.3 is 0 Å². The molecule has 1 rings (SSSR count). The van der Waals surface area contributed by atoms with Crippen molar-refractivity contribution in [3.05, 3.63) is 34.9 Å². The Kier molecular flexibility index (Phi) is 8.74. The number of ether oxygens (including phenoxy) is 1. The highest BCUT2D eigenvalue weighted by atomic mass is 35.5. The average Bonchev–Trinajstić information content (AvgIpc) is 2.44. The summed E-state index contributed by atoms with van der Waals surface area (Å²) in [7, 11) is 0. The summed E-state index contributed by atoms with van der Waals surface area (Å²) in [6.07, 6.45) is 0.852. The maximum Gasteiger partial charge on any atom is 0.232 e. The molecule has 0 aliphatic carbocycles. The zero-order chi connectivity index (χ0) is 14.8. The lowest BCUT2D eigenvalue weighted by Gasteiger charge is -2.12. The van der Waals surface area contributed by atoms with Crippen molar-refractivity contribution in [2.24, 2.45) is 0 Å². The van der Waals surface area contributed by atoms with Gasteiger partial charge in [-0.05, 0) is 38.0 Å². The molecule has 3 nitrogen and oxygen atoms in total. The second-order valence-corrected chi connectivity index (χ2v) is 6.19. The molecule has 0 saturated heterocycles. The lowest BCUT2D eigenvalue weighted by Crippen LogP contribution is -2.32. The summed E-state index contributed by atoms with van der Waals surface area (Å²) in [5.74, 6) is 0.863. The number of carbonyl (C=O) groups excluding carboxylic acids is 1. The molecule has 20 heavy (non-hydrogen) atoms. The molecular formula is C15H22ClNO2S. The lowest BCUT2D eigenvalue weighted by atomic mass is 10.2. The Hall–Kier alpha value is -0.710. The highest BCUT2D eigenvalue weighted by molar-refractivity contribution is 7.99. The summed E-state index contributed by atoms with van der Waals surface area (Å²) in [5, 5.41) is 3.59. The van der Waals surface area contributed by atoms with Crippen molar-refractivity contribution in [3.63, 3.8) is 0 Å². The van der Waals surface area contributed by atoms with Crippen LogP contribution in [0.4, 0.5) is 0 Å². The molecule has 1 unspecified atom stereocenters. The number of thioether (sulfide) groups is 1. The highest BCUT2D eigenvalue weighted by Crippen LogP contribution is 2.20. The number of nitrogens with one attached hydrogen (secondary N) is 1. The third-order valence-electron chi connectivity index (χ3n) is 2.73. The summed E-state index contributed by atoms with van der Waals surface area (Å²) in [6.45, 7) is 5.97. The molecule has 0 aromatic heterocycles. The monoisotopic (exact) mass is 315 g/mol. The van der Waals surface area contributed by atoms with Crippen LogP contribution in [0.3, 0.4) is 0 Å².